The summed E-state index contributed by atoms with van der Waals surface area (Å²) in [5.74, 6) is -6.72. The lowest BCUT2D eigenvalue weighted by atomic mass is 9.88. The third-order valence-electron chi connectivity index (χ3n) is 19.3. The Bertz CT molecular complexity index is 3560. The first-order chi connectivity index (χ1) is 51.3. The Morgan fingerprint density at radius 2 is 1.34 bits per heavy atom. The normalized spacial score (nSPS) is 16.1. The van der Waals surface area contributed by atoms with E-state index in [0.717, 1.165) is 10.4 Å². The van der Waals surface area contributed by atoms with Crippen molar-refractivity contribution in [2.24, 2.45) is 46.0 Å². The fourth-order valence-electron chi connectivity index (χ4n) is 12.5. The zero-order valence-corrected chi connectivity index (χ0v) is 69.0. The van der Waals surface area contributed by atoms with Gasteiger partial charge in [0.05, 0.1) is 59.5 Å². The topological polar surface area (TPSA) is 419 Å². The molecule has 614 valence electrons. The van der Waals surface area contributed by atoms with Gasteiger partial charge in [0.2, 0.25) is 41.4 Å². The number of esters is 2. The highest BCUT2D eigenvalue weighted by molar-refractivity contribution is 7.11. The summed E-state index contributed by atoms with van der Waals surface area (Å²) in [6.07, 6.45) is 2.44. The zero-order valence-electron chi connectivity index (χ0n) is 68.2. The smallest absolute Gasteiger partial charge is 0.408 e. The van der Waals surface area contributed by atoms with Gasteiger partial charge in [-0.15, -0.1) is 11.3 Å². The van der Waals surface area contributed by atoms with Crippen LogP contribution in [0, 0.1) is 34.5 Å². The van der Waals surface area contributed by atoms with Gasteiger partial charge in [0, 0.05) is 57.7 Å². The van der Waals surface area contributed by atoms with Crippen LogP contribution in [0.1, 0.15) is 203 Å². The van der Waals surface area contributed by atoms with E-state index < -0.39 is 154 Å². The number of aromatic nitrogens is 1. The van der Waals surface area contributed by atoms with Crippen molar-refractivity contribution >= 4 is 88.5 Å². The molecule has 31 heteroatoms. The van der Waals surface area contributed by atoms with Crippen LogP contribution in [-0.2, 0) is 86.3 Å². The van der Waals surface area contributed by atoms with Gasteiger partial charge >= 0.3 is 30.2 Å². The van der Waals surface area contributed by atoms with Gasteiger partial charge in [-0.2, -0.15) is 0 Å². The Morgan fingerprint density at radius 3 is 1.92 bits per heavy atom. The summed E-state index contributed by atoms with van der Waals surface area (Å²) in [7, 11) is 4.62. The van der Waals surface area contributed by atoms with Crippen LogP contribution in [-0.4, -0.2) is 187 Å². The minimum absolute atomic E-state index is 0.0590. The molecule has 1 fully saturated rings. The molecule has 1 aromatic heterocycles. The van der Waals surface area contributed by atoms with Gasteiger partial charge < -0.3 is 87.5 Å². The molecule has 2 aromatic carbocycles. The largest absolute Gasteiger partial charge is 0.445 e. The Kier molecular flexibility index (Phi) is 36.7. The maximum Gasteiger partial charge on any atom is 0.408 e. The second kappa shape index (κ2) is 43.1. The van der Waals surface area contributed by atoms with Gasteiger partial charge in [0.15, 0.2) is 0 Å². The van der Waals surface area contributed by atoms with E-state index in [1.165, 1.54) is 44.3 Å². The van der Waals surface area contributed by atoms with E-state index in [4.69, 9.17) is 40.1 Å². The number of hydrogen-bond donors (Lipinski definition) is 10. The minimum atomic E-state index is -1.62. The summed E-state index contributed by atoms with van der Waals surface area (Å²) in [6, 6.07) is 9.09. The second-order valence-corrected chi connectivity index (χ2v) is 33.6. The summed E-state index contributed by atoms with van der Waals surface area (Å²) in [5.41, 5.74) is 9.01. The number of amides is 11. The fraction of sp³-hybridized carbons (Fsp3) is 0.658. The van der Waals surface area contributed by atoms with Crippen molar-refractivity contribution in [3.63, 3.8) is 0 Å². The number of carbonyl (C=O) groups is 12. The molecule has 1 saturated heterocycles. The highest BCUT2D eigenvalue weighted by Crippen LogP contribution is 2.34. The van der Waals surface area contributed by atoms with Gasteiger partial charge in [-0.1, -0.05) is 97.4 Å². The third kappa shape index (κ3) is 29.8. The molecular formula is C79H125N13O17S. The third-order valence-corrected chi connectivity index (χ3v) is 20.4. The molecule has 0 aliphatic carbocycles. The predicted molar refractivity (Wildman–Crippen MR) is 418 cm³/mol. The molecule has 0 spiro atoms. The average molecular weight is 1560 g/mol. The Balaban J connectivity index is 1.39. The van der Waals surface area contributed by atoms with Crippen LogP contribution in [0.3, 0.4) is 0 Å². The zero-order chi connectivity index (χ0) is 82.8. The predicted octanol–water partition coefficient (Wildman–Crippen LogP) is 8.03. The molecule has 2 heterocycles. The monoisotopic (exact) mass is 1560 g/mol. The number of rotatable bonds is 41. The average Bonchev–Trinajstić information content (AvgIpc) is 0.964. The van der Waals surface area contributed by atoms with Crippen molar-refractivity contribution in [2.45, 2.75) is 261 Å². The maximum atomic E-state index is 14.9. The molecule has 11 amide bonds. The van der Waals surface area contributed by atoms with Crippen molar-refractivity contribution in [2.75, 3.05) is 46.2 Å². The van der Waals surface area contributed by atoms with Crippen molar-refractivity contribution in [1.29, 1.82) is 0 Å². The second-order valence-electron chi connectivity index (χ2n) is 32.5. The number of hydrogen-bond acceptors (Lipinski definition) is 20. The highest BCUT2D eigenvalue weighted by Gasteiger charge is 2.45. The van der Waals surface area contributed by atoms with Gasteiger partial charge in [-0.25, -0.2) is 19.4 Å². The number of likely N-dealkylation sites (tertiary alicyclic amines) is 1. The van der Waals surface area contributed by atoms with Crippen molar-refractivity contribution in [1.82, 2.24) is 52.0 Å². The van der Waals surface area contributed by atoms with Crippen LogP contribution >= 0.6 is 11.3 Å². The lowest BCUT2D eigenvalue weighted by Crippen LogP contribution is -2.62. The van der Waals surface area contributed by atoms with E-state index in [0.29, 0.717) is 67.9 Å². The number of primary amides is 1. The molecule has 1 aliphatic rings. The number of nitrogens with zero attached hydrogens (tertiary/aromatic N) is 3. The van der Waals surface area contributed by atoms with Crippen molar-refractivity contribution < 1.29 is 81.2 Å². The molecule has 0 radical (unpaired) electrons. The maximum absolute atomic E-state index is 14.9. The number of likely N-dealkylation sites (N-methyl/N-ethyl adjacent to an activating group) is 1. The van der Waals surface area contributed by atoms with Gasteiger partial charge in [-0.05, 0) is 168 Å². The Hall–Kier alpha value is -8.81. The van der Waals surface area contributed by atoms with Crippen LogP contribution < -0.4 is 54.0 Å². The number of nitrogens with two attached hydrogens (primary N) is 2. The quantitative estimate of drug-likeness (QED) is 0.0111. The molecule has 0 saturated carbocycles. The number of nitrogens with one attached hydrogen (secondary N) is 8. The molecule has 0 unspecified atom stereocenters. The standard InChI is InChI=1S/C79H125N13O17S/c1-21-48(6)62(58(105-19)42-59(93)92-40-28-33-57(92)63(106-20)49(7)64(94)87-56(41-50-29-23-22-24-30-50)68-84-44-53(110-68)43-78(14,15)72(101)108-71(100)76(8,9)10)91(18)69(98)61(47(4)5)89-70(99)79(16,17)90-75(104)107-45-51-34-36-52(37-35-51)85-66(96)55(32-27-39-82-73(81)102)86-67(97)60(46(2)3)88-65(95)54(80)31-25-26-38-83-74(103)109-77(11,12)13/h22-24,29-30,34-37,44,46-49,54-58,60-63H,21,25-28,31-33,38-43,45,80H2,1-20H3,(H,83,103)(H,85,96)(H,86,97)(H,87,94)(H,88,95)(H,89,99)(H,90,104)(H3,81,82,102)/t48-,49+,54-,55-,56-,57-,58+,60-,61-,62-,63+/m0/s1. The van der Waals surface area contributed by atoms with Crippen LogP contribution in [0.4, 0.5) is 20.1 Å². The summed E-state index contributed by atoms with van der Waals surface area (Å²) >= 11 is 1.35. The lowest BCUT2D eigenvalue weighted by Gasteiger charge is -2.41. The lowest BCUT2D eigenvalue weighted by molar-refractivity contribution is -0.171. The van der Waals surface area contributed by atoms with Crippen LogP contribution in [0.15, 0.2) is 60.8 Å². The van der Waals surface area contributed by atoms with E-state index in [1.807, 2.05) is 44.2 Å². The Morgan fingerprint density at radius 1 is 0.700 bits per heavy atom. The molecule has 3 aromatic rings. The molecule has 11 atom stereocenters. The van der Waals surface area contributed by atoms with E-state index in [-0.39, 0.29) is 63.0 Å². The fourth-order valence-corrected chi connectivity index (χ4v) is 13.7. The number of unbranched alkanes of at least 4 members (excludes halogenated alkanes) is 1. The Labute approximate surface area is 653 Å². The van der Waals surface area contributed by atoms with Crippen molar-refractivity contribution in [3.8, 4) is 0 Å². The van der Waals surface area contributed by atoms with Gasteiger partial charge in [0.25, 0.3) is 0 Å². The summed E-state index contributed by atoms with van der Waals surface area (Å²) in [6.45, 7) is 29.8. The molecule has 4 rings (SSSR count). The van der Waals surface area contributed by atoms with Crippen LogP contribution in [0.2, 0.25) is 0 Å². The van der Waals surface area contributed by atoms with E-state index in [9.17, 15) is 57.5 Å². The van der Waals surface area contributed by atoms with Gasteiger partial charge in [0.1, 0.15) is 40.9 Å². The molecule has 12 N–H and O–H groups in total. The first kappa shape index (κ1) is 93.6. The van der Waals surface area contributed by atoms with E-state index in [1.54, 1.807) is 132 Å². The SMILES string of the molecule is CC[C@H](C)[C@@H]([C@@H](CC(=O)N1CCC[C@H]1[C@H](OC)[C@@H](C)C(=O)N[C@@H](Cc1ccccc1)c1ncc(CC(C)(C)C(=O)OC(=O)C(C)(C)C)s1)OC)N(C)C(=O)[C@@H](NC(=O)C(C)(C)NC(=O)OCc1ccc(NC(=O)[C@H](CCCNC(N)=O)NC(=O)[C@@H](NC(=O)[C@@H](N)CCCCNC(=O)OC(C)(C)C)C(C)C)cc1)C(C)C. The number of anilines is 1. The van der Waals surface area contributed by atoms with Crippen LogP contribution in [0.5, 0.6) is 0 Å². The van der Waals surface area contributed by atoms with Gasteiger partial charge in [-0.3, -0.25) is 43.2 Å². The van der Waals surface area contributed by atoms with E-state index >= 15 is 0 Å². The molecule has 30 nitrogen and oxygen atoms in total. The number of methoxy groups -OCH3 is 2. The first-order valence-electron chi connectivity index (χ1n) is 38.0. The van der Waals surface area contributed by atoms with Crippen LogP contribution in [0.25, 0.3) is 0 Å². The summed E-state index contributed by atoms with van der Waals surface area (Å²) in [4.78, 5) is 171. The van der Waals surface area contributed by atoms with Crippen molar-refractivity contribution in [3.05, 3.63) is 81.8 Å². The number of alkyl carbamates (subject to hydrolysis) is 2. The summed E-state index contributed by atoms with van der Waals surface area (Å²) < 4.78 is 28.3. The number of ether oxygens (including phenoxy) is 5. The molecular weight excluding hydrogens is 1440 g/mol. The molecule has 0 bridgehead atoms. The summed E-state index contributed by atoms with van der Waals surface area (Å²) in [5, 5.41) is 22.7. The molecule has 1 aliphatic heterocycles. The number of carbonyl (C=O) groups excluding carboxylic acids is 12. The molecule has 110 heavy (non-hydrogen) atoms. The number of thiazole rings is 1. The highest BCUT2D eigenvalue weighted by atomic mass is 32.1. The van der Waals surface area contributed by atoms with E-state index in [2.05, 4.69) is 42.5 Å². The first-order valence-corrected chi connectivity index (χ1v) is 38.9. The number of benzene rings is 2. The number of urea groups is 1. The minimum Gasteiger partial charge on any atom is -0.445 e.